The van der Waals surface area contributed by atoms with E-state index in [2.05, 4.69) is 4.72 Å². The summed E-state index contributed by atoms with van der Waals surface area (Å²) < 4.78 is 45.6. The highest BCUT2D eigenvalue weighted by Gasteiger charge is 2.22. The quantitative estimate of drug-likeness (QED) is 0.664. The first-order valence-electron chi connectivity index (χ1n) is 7.54. The molecule has 3 N–H and O–H groups in total. The number of ether oxygens (including phenoxy) is 1. The van der Waals surface area contributed by atoms with Gasteiger partial charge in [0.2, 0.25) is 10.0 Å². The van der Waals surface area contributed by atoms with Crippen molar-refractivity contribution < 1.29 is 22.3 Å². The number of carbonyl (C=O) groups is 1. The van der Waals surface area contributed by atoms with Crippen LogP contribution in [0, 0.1) is 5.82 Å². The van der Waals surface area contributed by atoms with Gasteiger partial charge in [-0.25, -0.2) is 22.3 Å². The minimum atomic E-state index is -3.97. The van der Waals surface area contributed by atoms with Crippen LogP contribution in [0.25, 0.3) is 0 Å². The molecule has 1 rings (SSSR count). The van der Waals surface area contributed by atoms with Crippen molar-refractivity contribution >= 4 is 16.0 Å². The fourth-order valence-corrected chi connectivity index (χ4v) is 3.35. The Morgan fingerprint density at radius 1 is 1.35 bits per heavy atom. The molecule has 0 radical (unpaired) electrons. The van der Waals surface area contributed by atoms with E-state index < -0.39 is 27.9 Å². The molecule has 1 aromatic carbocycles. The summed E-state index contributed by atoms with van der Waals surface area (Å²) in [6, 6.07) is 2.46. The summed E-state index contributed by atoms with van der Waals surface area (Å²) in [4.78, 5) is 11.3. The van der Waals surface area contributed by atoms with Gasteiger partial charge in [0.1, 0.15) is 5.82 Å². The maximum Gasteiger partial charge on any atom is 0.338 e. The van der Waals surface area contributed by atoms with Gasteiger partial charge in [-0.1, -0.05) is 19.8 Å². The normalized spacial score (nSPS) is 12.9. The maximum atomic E-state index is 13.7. The molecule has 1 aromatic rings. The summed E-state index contributed by atoms with van der Waals surface area (Å²) in [6.07, 6.45) is 2.32. The van der Waals surface area contributed by atoms with Gasteiger partial charge in [-0.2, -0.15) is 0 Å². The van der Waals surface area contributed by atoms with E-state index in [4.69, 9.17) is 10.5 Å². The van der Waals surface area contributed by atoms with E-state index >= 15 is 0 Å². The first kappa shape index (κ1) is 19.5. The van der Waals surface area contributed by atoms with Gasteiger partial charge in [-0.3, -0.25) is 0 Å². The molecule has 0 aliphatic carbocycles. The minimum absolute atomic E-state index is 0.113. The number of rotatable bonds is 9. The second-order valence-corrected chi connectivity index (χ2v) is 6.81. The monoisotopic (exact) mass is 346 g/mol. The third kappa shape index (κ3) is 5.89. The molecule has 0 aliphatic heterocycles. The van der Waals surface area contributed by atoms with Crippen LogP contribution < -0.4 is 10.5 Å². The van der Waals surface area contributed by atoms with Crippen LogP contribution in [0.2, 0.25) is 0 Å². The van der Waals surface area contributed by atoms with Crippen LogP contribution in [0.5, 0.6) is 0 Å². The molecule has 0 aromatic heterocycles. The molecule has 23 heavy (non-hydrogen) atoms. The molecular weight excluding hydrogens is 323 g/mol. The van der Waals surface area contributed by atoms with E-state index in [9.17, 15) is 17.6 Å². The Bertz CT molecular complexity index is 634. The van der Waals surface area contributed by atoms with Crippen LogP contribution in [0.15, 0.2) is 23.1 Å². The molecule has 0 amide bonds. The molecule has 130 valence electrons. The van der Waals surface area contributed by atoms with E-state index in [1.807, 2.05) is 6.92 Å². The van der Waals surface area contributed by atoms with Crippen molar-refractivity contribution in [2.75, 3.05) is 13.2 Å². The molecule has 0 saturated carbocycles. The second-order valence-electron chi connectivity index (χ2n) is 5.09. The van der Waals surface area contributed by atoms with Crippen molar-refractivity contribution in [2.24, 2.45) is 5.73 Å². The molecule has 0 aliphatic rings. The lowest BCUT2D eigenvalue weighted by atomic mass is 10.1. The largest absolute Gasteiger partial charge is 0.462 e. The summed E-state index contributed by atoms with van der Waals surface area (Å²) in [5, 5.41) is 0. The SMILES string of the molecule is CCCCC(CN)NS(=O)(=O)c1cc(F)cc(C(=O)OCC)c1. The number of halogens is 1. The summed E-state index contributed by atoms with van der Waals surface area (Å²) in [6.45, 7) is 3.84. The molecule has 1 unspecified atom stereocenters. The summed E-state index contributed by atoms with van der Waals surface area (Å²) in [5.41, 5.74) is 5.42. The first-order valence-corrected chi connectivity index (χ1v) is 9.02. The Labute approximate surface area is 136 Å². The summed E-state index contributed by atoms with van der Waals surface area (Å²) >= 11 is 0. The van der Waals surface area contributed by atoms with Crippen LogP contribution in [-0.4, -0.2) is 33.6 Å². The Hall–Kier alpha value is -1.51. The van der Waals surface area contributed by atoms with Gasteiger partial charge in [-0.15, -0.1) is 0 Å². The molecule has 1 atom stereocenters. The predicted molar refractivity (Wildman–Crippen MR) is 85.0 cm³/mol. The fraction of sp³-hybridized carbons (Fsp3) is 0.533. The second kappa shape index (κ2) is 8.95. The highest BCUT2D eigenvalue weighted by atomic mass is 32.2. The van der Waals surface area contributed by atoms with Crippen LogP contribution in [0.1, 0.15) is 43.5 Å². The zero-order valence-electron chi connectivity index (χ0n) is 13.3. The average Bonchev–Trinajstić information content (AvgIpc) is 2.51. The Morgan fingerprint density at radius 2 is 2.04 bits per heavy atom. The number of nitrogens with one attached hydrogen (secondary N) is 1. The molecular formula is C15H23FN2O4S. The highest BCUT2D eigenvalue weighted by Crippen LogP contribution is 2.16. The van der Waals surface area contributed by atoms with Gasteiger partial charge in [0, 0.05) is 12.6 Å². The average molecular weight is 346 g/mol. The van der Waals surface area contributed by atoms with Crippen molar-refractivity contribution in [2.45, 2.75) is 44.0 Å². The smallest absolute Gasteiger partial charge is 0.338 e. The summed E-state index contributed by atoms with van der Waals surface area (Å²) in [5.74, 6) is -1.60. The van der Waals surface area contributed by atoms with Gasteiger partial charge in [0.05, 0.1) is 17.1 Å². The lowest BCUT2D eigenvalue weighted by Crippen LogP contribution is -2.40. The Kier molecular flexibility index (Phi) is 7.60. The number of sulfonamides is 1. The third-order valence-corrected chi connectivity index (χ3v) is 4.71. The van der Waals surface area contributed by atoms with Crippen molar-refractivity contribution in [3.63, 3.8) is 0 Å². The van der Waals surface area contributed by atoms with Gasteiger partial charge >= 0.3 is 5.97 Å². The number of hydrogen-bond donors (Lipinski definition) is 2. The summed E-state index contributed by atoms with van der Waals surface area (Å²) in [7, 11) is -3.97. The Balaban J connectivity index is 3.05. The number of benzene rings is 1. The standard InChI is InChI=1S/C15H23FN2O4S/c1-3-5-6-13(10-17)18-23(20,21)14-8-11(7-12(16)9-14)15(19)22-4-2/h7-9,13,18H,3-6,10,17H2,1-2H3. The van der Waals surface area contributed by atoms with Crippen LogP contribution >= 0.6 is 0 Å². The Morgan fingerprint density at radius 3 is 2.61 bits per heavy atom. The number of carbonyl (C=O) groups excluding carboxylic acids is 1. The van der Waals surface area contributed by atoms with E-state index in [1.165, 1.54) is 0 Å². The van der Waals surface area contributed by atoms with Gasteiger partial charge in [0.25, 0.3) is 0 Å². The van der Waals surface area contributed by atoms with Crippen LogP contribution in [0.3, 0.4) is 0 Å². The van der Waals surface area contributed by atoms with E-state index in [-0.39, 0.29) is 23.6 Å². The molecule has 0 fully saturated rings. The predicted octanol–water partition coefficient (Wildman–Crippen LogP) is 1.80. The molecule has 0 spiro atoms. The zero-order chi connectivity index (χ0) is 17.5. The number of nitrogens with two attached hydrogens (primary N) is 1. The molecule has 0 saturated heterocycles. The van der Waals surface area contributed by atoms with Crippen molar-refractivity contribution in [3.05, 3.63) is 29.6 Å². The van der Waals surface area contributed by atoms with Crippen LogP contribution in [0.4, 0.5) is 4.39 Å². The number of unbranched alkanes of at least 4 members (excludes halogenated alkanes) is 1. The topological polar surface area (TPSA) is 98.5 Å². The minimum Gasteiger partial charge on any atom is -0.462 e. The van der Waals surface area contributed by atoms with Gasteiger partial charge in [-0.05, 0) is 31.5 Å². The fourth-order valence-electron chi connectivity index (χ4n) is 2.01. The van der Waals surface area contributed by atoms with E-state index in [0.717, 1.165) is 31.0 Å². The third-order valence-electron chi connectivity index (χ3n) is 3.21. The lowest BCUT2D eigenvalue weighted by Gasteiger charge is -2.17. The maximum absolute atomic E-state index is 13.7. The van der Waals surface area contributed by atoms with Gasteiger partial charge < -0.3 is 10.5 Å². The van der Waals surface area contributed by atoms with Gasteiger partial charge in [0.15, 0.2) is 0 Å². The molecule has 0 heterocycles. The molecule has 0 bridgehead atoms. The first-order chi connectivity index (χ1) is 10.8. The number of hydrogen-bond acceptors (Lipinski definition) is 5. The highest BCUT2D eigenvalue weighted by molar-refractivity contribution is 7.89. The lowest BCUT2D eigenvalue weighted by molar-refractivity contribution is 0.0525. The zero-order valence-corrected chi connectivity index (χ0v) is 14.2. The number of esters is 1. The van der Waals surface area contributed by atoms with E-state index in [0.29, 0.717) is 6.42 Å². The van der Waals surface area contributed by atoms with Crippen molar-refractivity contribution in [3.8, 4) is 0 Å². The van der Waals surface area contributed by atoms with Crippen molar-refractivity contribution in [1.29, 1.82) is 0 Å². The van der Waals surface area contributed by atoms with E-state index in [1.54, 1.807) is 6.92 Å². The molecule has 8 heteroatoms. The van der Waals surface area contributed by atoms with Crippen molar-refractivity contribution in [1.82, 2.24) is 4.72 Å². The molecule has 6 nitrogen and oxygen atoms in total. The van der Waals surface area contributed by atoms with Crippen LogP contribution in [-0.2, 0) is 14.8 Å².